The van der Waals surface area contributed by atoms with Crippen molar-refractivity contribution in [2.24, 2.45) is 17.0 Å². The molecule has 2 heterocycles. The van der Waals surface area contributed by atoms with Gasteiger partial charge in [-0.15, -0.1) is 11.3 Å². The monoisotopic (exact) mass is 445 g/mol. The second-order valence-electron chi connectivity index (χ2n) is 7.81. The molecule has 2 aliphatic rings. The van der Waals surface area contributed by atoms with E-state index in [9.17, 15) is 8.42 Å². The van der Waals surface area contributed by atoms with E-state index in [0.717, 1.165) is 45.1 Å². The minimum absolute atomic E-state index is 0.107. The van der Waals surface area contributed by atoms with E-state index >= 15 is 0 Å². The van der Waals surface area contributed by atoms with Gasteiger partial charge in [0.2, 0.25) is 10.0 Å². The van der Waals surface area contributed by atoms with Gasteiger partial charge in [-0.2, -0.15) is 0 Å². The molecule has 1 aromatic heterocycles. The van der Waals surface area contributed by atoms with Crippen LogP contribution in [-0.4, -0.2) is 31.4 Å². The van der Waals surface area contributed by atoms with Crippen molar-refractivity contribution in [2.75, 3.05) is 13.1 Å². The fraction of sp³-hybridized carbons (Fsp3) is 0.286. The van der Waals surface area contributed by atoms with E-state index < -0.39 is 10.0 Å². The maximum absolute atomic E-state index is 11.6. The van der Waals surface area contributed by atoms with Crippen molar-refractivity contribution < 1.29 is 8.42 Å². The van der Waals surface area contributed by atoms with Gasteiger partial charge in [0, 0.05) is 23.7 Å². The zero-order valence-electron chi connectivity index (χ0n) is 15.6. The lowest BCUT2D eigenvalue weighted by Crippen LogP contribution is -2.21. The molecule has 2 aromatic carbocycles. The van der Waals surface area contributed by atoms with Crippen LogP contribution < -0.4 is 5.14 Å². The van der Waals surface area contributed by atoms with Crippen LogP contribution in [0.1, 0.15) is 11.4 Å². The lowest BCUT2D eigenvalue weighted by molar-refractivity contribution is 0.297. The lowest BCUT2D eigenvalue weighted by Gasteiger charge is -2.14. The van der Waals surface area contributed by atoms with Gasteiger partial charge >= 0.3 is 0 Å². The topological polar surface area (TPSA) is 76.3 Å². The molecule has 5 rings (SSSR count). The van der Waals surface area contributed by atoms with E-state index in [1.54, 1.807) is 35.6 Å². The number of fused-ring (bicyclic) bond motifs is 1. The number of benzene rings is 2. The average Bonchev–Trinajstić information content (AvgIpc) is 3.10. The van der Waals surface area contributed by atoms with Gasteiger partial charge in [0.05, 0.1) is 22.0 Å². The van der Waals surface area contributed by atoms with Crippen LogP contribution in [0.5, 0.6) is 0 Å². The Morgan fingerprint density at radius 1 is 1.03 bits per heavy atom. The SMILES string of the molecule is NS(=O)(=O)c1ccc(-c2sc(CN3CC4CC4C3)nc2-c2ccc(Cl)cc2)cc1. The molecule has 1 aliphatic carbocycles. The third-order valence-corrected chi connectivity index (χ3v) is 7.92. The number of aromatic nitrogens is 1. The minimum Gasteiger partial charge on any atom is -0.296 e. The predicted octanol–water partition coefficient (Wildman–Crippen LogP) is 4.23. The van der Waals surface area contributed by atoms with E-state index in [0.29, 0.717) is 5.02 Å². The summed E-state index contributed by atoms with van der Waals surface area (Å²) in [5.74, 6) is 1.77. The smallest absolute Gasteiger partial charge is 0.238 e. The zero-order chi connectivity index (χ0) is 20.2. The molecule has 8 heteroatoms. The Bertz CT molecular complexity index is 1150. The van der Waals surface area contributed by atoms with E-state index in [4.69, 9.17) is 21.7 Å². The van der Waals surface area contributed by atoms with Crippen molar-refractivity contribution in [3.63, 3.8) is 0 Å². The summed E-state index contributed by atoms with van der Waals surface area (Å²) in [4.78, 5) is 8.56. The van der Waals surface area contributed by atoms with Gasteiger partial charge in [0.1, 0.15) is 5.01 Å². The number of hydrogen-bond acceptors (Lipinski definition) is 5. The molecular formula is C21H20ClN3O2S2. The van der Waals surface area contributed by atoms with Crippen molar-refractivity contribution in [2.45, 2.75) is 17.9 Å². The second-order valence-corrected chi connectivity index (χ2v) is 10.9. The van der Waals surface area contributed by atoms with Gasteiger partial charge < -0.3 is 0 Å². The maximum atomic E-state index is 11.6. The number of likely N-dealkylation sites (tertiary alicyclic amines) is 1. The van der Waals surface area contributed by atoms with Crippen LogP contribution in [0.15, 0.2) is 53.4 Å². The van der Waals surface area contributed by atoms with Crippen molar-refractivity contribution >= 4 is 33.0 Å². The number of thiazole rings is 1. The molecule has 0 radical (unpaired) electrons. The van der Waals surface area contributed by atoms with Gasteiger partial charge in [-0.25, -0.2) is 18.5 Å². The molecule has 150 valence electrons. The Hall–Kier alpha value is -1.77. The molecule has 29 heavy (non-hydrogen) atoms. The first kappa shape index (κ1) is 19.2. The zero-order valence-corrected chi connectivity index (χ0v) is 18.0. The maximum Gasteiger partial charge on any atom is 0.238 e. The second kappa shape index (κ2) is 7.18. The summed E-state index contributed by atoms with van der Waals surface area (Å²) >= 11 is 7.72. The van der Waals surface area contributed by atoms with E-state index in [-0.39, 0.29) is 4.90 Å². The third-order valence-electron chi connectivity index (χ3n) is 5.65. The van der Waals surface area contributed by atoms with Crippen LogP contribution >= 0.6 is 22.9 Å². The molecule has 2 atom stereocenters. The Labute approximate surface area is 179 Å². The number of nitrogens with zero attached hydrogens (tertiary/aromatic N) is 2. The normalized spacial score (nSPS) is 21.3. The highest BCUT2D eigenvalue weighted by Crippen LogP contribution is 2.46. The highest BCUT2D eigenvalue weighted by atomic mass is 35.5. The number of rotatable bonds is 5. The summed E-state index contributed by atoms with van der Waals surface area (Å²) in [6, 6.07) is 14.3. The quantitative estimate of drug-likeness (QED) is 0.637. The lowest BCUT2D eigenvalue weighted by atomic mass is 10.1. The van der Waals surface area contributed by atoms with Crippen LogP contribution in [0.2, 0.25) is 5.02 Å². The molecule has 1 saturated carbocycles. The fourth-order valence-corrected chi connectivity index (χ4v) is 5.82. The van der Waals surface area contributed by atoms with Crippen molar-refractivity contribution in [1.82, 2.24) is 9.88 Å². The van der Waals surface area contributed by atoms with Crippen LogP contribution in [0.3, 0.4) is 0 Å². The summed E-state index contributed by atoms with van der Waals surface area (Å²) in [5.41, 5.74) is 2.82. The van der Waals surface area contributed by atoms with Gasteiger partial charge in [-0.1, -0.05) is 35.9 Å². The number of primary sulfonamides is 1. The van der Waals surface area contributed by atoms with Crippen LogP contribution in [0.25, 0.3) is 21.7 Å². The number of hydrogen-bond donors (Lipinski definition) is 1. The highest BCUT2D eigenvalue weighted by Gasteiger charge is 2.44. The Morgan fingerprint density at radius 3 is 2.28 bits per heavy atom. The average molecular weight is 446 g/mol. The van der Waals surface area contributed by atoms with Crippen LogP contribution in [0.4, 0.5) is 0 Å². The fourth-order valence-electron chi connectivity index (χ4n) is 4.04. The molecule has 2 N–H and O–H groups in total. The summed E-state index contributed by atoms with van der Waals surface area (Å²) in [6.45, 7) is 3.19. The summed E-state index contributed by atoms with van der Waals surface area (Å²) in [7, 11) is -3.71. The molecule has 3 aromatic rings. The van der Waals surface area contributed by atoms with Crippen molar-refractivity contribution in [3.05, 3.63) is 58.6 Å². The third kappa shape index (κ3) is 3.98. The Morgan fingerprint density at radius 2 is 1.66 bits per heavy atom. The summed E-state index contributed by atoms with van der Waals surface area (Å²) < 4.78 is 23.2. The van der Waals surface area contributed by atoms with Gasteiger partial charge in [0.25, 0.3) is 0 Å². The standard InChI is InChI=1S/C21H20ClN3O2S2/c22-17-5-1-13(2-6-17)20-21(14-3-7-18(8-4-14)29(23,26)27)28-19(24-20)12-25-10-15-9-16(15)11-25/h1-8,15-16H,9-12H2,(H2,23,26,27). The van der Waals surface area contributed by atoms with E-state index in [1.165, 1.54) is 19.5 Å². The molecule has 0 bridgehead atoms. The summed E-state index contributed by atoms with van der Waals surface area (Å²) in [6.07, 6.45) is 1.38. The molecule has 2 fully saturated rings. The predicted molar refractivity (Wildman–Crippen MR) is 116 cm³/mol. The molecule has 0 amide bonds. The molecule has 2 unspecified atom stereocenters. The van der Waals surface area contributed by atoms with Crippen LogP contribution in [-0.2, 0) is 16.6 Å². The number of piperidine rings is 1. The van der Waals surface area contributed by atoms with Crippen molar-refractivity contribution in [1.29, 1.82) is 0 Å². The van der Waals surface area contributed by atoms with E-state index in [1.807, 2.05) is 24.3 Å². The van der Waals surface area contributed by atoms with Gasteiger partial charge in [-0.05, 0) is 48.1 Å². The minimum atomic E-state index is -3.71. The molecule has 1 saturated heterocycles. The largest absolute Gasteiger partial charge is 0.296 e. The highest BCUT2D eigenvalue weighted by molar-refractivity contribution is 7.89. The Kier molecular flexibility index (Phi) is 4.75. The number of sulfonamides is 1. The summed E-state index contributed by atoms with van der Waals surface area (Å²) in [5, 5.41) is 6.99. The van der Waals surface area contributed by atoms with Gasteiger partial charge in [0.15, 0.2) is 0 Å². The molecule has 1 aliphatic heterocycles. The number of halogens is 1. The molecule has 5 nitrogen and oxygen atoms in total. The van der Waals surface area contributed by atoms with Crippen LogP contribution in [0, 0.1) is 11.8 Å². The molecular weight excluding hydrogens is 426 g/mol. The van der Waals surface area contributed by atoms with E-state index in [2.05, 4.69) is 4.90 Å². The number of nitrogens with two attached hydrogens (primary N) is 1. The Balaban J connectivity index is 1.52. The first-order chi connectivity index (χ1) is 13.9. The van der Waals surface area contributed by atoms with Crippen molar-refractivity contribution in [3.8, 4) is 21.7 Å². The first-order valence-electron chi connectivity index (χ1n) is 9.48. The van der Waals surface area contributed by atoms with Gasteiger partial charge in [-0.3, -0.25) is 4.90 Å². The first-order valence-corrected chi connectivity index (χ1v) is 12.2. The molecule has 0 spiro atoms.